The number of amides is 1. The van der Waals surface area contributed by atoms with E-state index in [2.05, 4.69) is 5.32 Å². The Morgan fingerprint density at radius 3 is 2.46 bits per heavy atom. The van der Waals surface area contributed by atoms with Crippen molar-refractivity contribution >= 4 is 27.6 Å². The fourth-order valence-electron chi connectivity index (χ4n) is 1.99. The van der Waals surface area contributed by atoms with Crippen LogP contribution in [-0.2, 0) is 19.6 Å². The van der Waals surface area contributed by atoms with Crippen LogP contribution in [0.25, 0.3) is 0 Å². The van der Waals surface area contributed by atoms with Crippen LogP contribution in [0.5, 0.6) is 5.75 Å². The first-order valence-corrected chi connectivity index (χ1v) is 8.93. The standard InChI is InChI=1S/C17H18N2O6S/c1-19(2)26(23,24)15-8-4-6-13(10-15)18-16(21)11-25-17(22)12-5-3-7-14(20)9-12/h3-10,20H,11H2,1-2H3,(H,18,21). The fourth-order valence-corrected chi connectivity index (χ4v) is 2.94. The van der Waals surface area contributed by atoms with Gasteiger partial charge in [0.05, 0.1) is 10.5 Å². The van der Waals surface area contributed by atoms with E-state index in [9.17, 15) is 23.1 Å². The van der Waals surface area contributed by atoms with E-state index >= 15 is 0 Å². The van der Waals surface area contributed by atoms with Gasteiger partial charge in [-0.15, -0.1) is 0 Å². The number of nitrogens with one attached hydrogen (secondary N) is 1. The molecule has 0 saturated heterocycles. The van der Waals surface area contributed by atoms with E-state index in [1.807, 2.05) is 0 Å². The number of sulfonamides is 1. The van der Waals surface area contributed by atoms with Gasteiger partial charge in [-0.3, -0.25) is 4.79 Å². The summed E-state index contributed by atoms with van der Waals surface area (Å²) in [6.07, 6.45) is 0. The van der Waals surface area contributed by atoms with Crippen molar-refractivity contribution in [2.24, 2.45) is 0 Å². The van der Waals surface area contributed by atoms with E-state index in [1.54, 1.807) is 0 Å². The zero-order valence-corrected chi connectivity index (χ0v) is 15.0. The Bertz CT molecular complexity index is 924. The summed E-state index contributed by atoms with van der Waals surface area (Å²) in [5, 5.41) is 11.8. The molecule has 0 bridgehead atoms. The quantitative estimate of drug-likeness (QED) is 0.736. The Hall–Kier alpha value is -2.91. The molecule has 8 nitrogen and oxygen atoms in total. The minimum Gasteiger partial charge on any atom is -0.508 e. The molecule has 0 radical (unpaired) electrons. The Labute approximate surface area is 151 Å². The summed E-state index contributed by atoms with van der Waals surface area (Å²) in [6.45, 7) is -0.556. The second kappa shape index (κ2) is 7.98. The van der Waals surface area contributed by atoms with Gasteiger partial charge in [0.15, 0.2) is 6.61 Å². The van der Waals surface area contributed by atoms with Crippen molar-refractivity contribution in [3.05, 3.63) is 54.1 Å². The number of rotatable bonds is 6. The number of carbonyl (C=O) groups excluding carboxylic acids is 2. The summed E-state index contributed by atoms with van der Waals surface area (Å²) >= 11 is 0. The van der Waals surface area contributed by atoms with Crippen LogP contribution in [0.15, 0.2) is 53.4 Å². The van der Waals surface area contributed by atoms with Gasteiger partial charge in [0.2, 0.25) is 10.0 Å². The minimum atomic E-state index is -3.63. The van der Waals surface area contributed by atoms with Crippen molar-refractivity contribution in [1.29, 1.82) is 0 Å². The molecule has 2 N–H and O–H groups in total. The number of carbonyl (C=O) groups is 2. The van der Waals surface area contributed by atoms with Crippen molar-refractivity contribution < 1.29 is 27.9 Å². The summed E-state index contributed by atoms with van der Waals surface area (Å²) in [7, 11) is -0.820. The number of phenolic OH excluding ortho intramolecular Hbond substituents is 1. The number of ether oxygens (including phenoxy) is 1. The zero-order valence-electron chi connectivity index (χ0n) is 14.2. The van der Waals surface area contributed by atoms with Crippen molar-refractivity contribution in [2.45, 2.75) is 4.90 Å². The molecule has 138 valence electrons. The van der Waals surface area contributed by atoms with E-state index in [-0.39, 0.29) is 21.9 Å². The Morgan fingerprint density at radius 2 is 1.81 bits per heavy atom. The van der Waals surface area contributed by atoms with E-state index in [0.29, 0.717) is 0 Å². The lowest BCUT2D eigenvalue weighted by molar-refractivity contribution is -0.119. The highest BCUT2D eigenvalue weighted by Gasteiger charge is 2.18. The highest BCUT2D eigenvalue weighted by Crippen LogP contribution is 2.18. The van der Waals surface area contributed by atoms with Crippen LogP contribution < -0.4 is 5.32 Å². The van der Waals surface area contributed by atoms with E-state index in [4.69, 9.17) is 4.74 Å². The second-order valence-electron chi connectivity index (χ2n) is 5.49. The number of hydrogen-bond acceptors (Lipinski definition) is 6. The maximum Gasteiger partial charge on any atom is 0.338 e. The Kier molecular flexibility index (Phi) is 5.96. The van der Waals surface area contributed by atoms with Crippen LogP contribution in [0.4, 0.5) is 5.69 Å². The smallest absolute Gasteiger partial charge is 0.338 e. The largest absolute Gasteiger partial charge is 0.508 e. The van der Waals surface area contributed by atoms with Crippen LogP contribution in [0.2, 0.25) is 0 Å². The molecular formula is C17H18N2O6S. The van der Waals surface area contributed by atoms with Crippen molar-refractivity contribution in [3.8, 4) is 5.75 Å². The molecule has 0 aliphatic heterocycles. The third-order valence-corrected chi connectivity index (χ3v) is 5.12. The number of anilines is 1. The van der Waals surface area contributed by atoms with E-state index in [0.717, 1.165) is 4.31 Å². The van der Waals surface area contributed by atoms with Crippen LogP contribution in [0, 0.1) is 0 Å². The van der Waals surface area contributed by atoms with Crippen LogP contribution in [0.1, 0.15) is 10.4 Å². The topological polar surface area (TPSA) is 113 Å². The van der Waals surface area contributed by atoms with Gasteiger partial charge in [-0.05, 0) is 36.4 Å². The summed E-state index contributed by atoms with van der Waals surface area (Å²) in [4.78, 5) is 23.8. The first kappa shape index (κ1) is 19.4. The molecule has 0 saturated carbocycles. The van der Waals surface area contributed by atoms with Gasteiger partial charge >= 0.3 is 5.97 Å². The molecule has 0 fully saturated rings. The maximum atomic E-state index is 12.1. The highest BCUT2D eigenvalue weighted by atomic mass is 32.2. The van der Waals surface area contributed by atoms with Crippen LogP contribution >= 0.6 is 0 Å². The summed E-state index contributed by atoms with van der Waals surface area (Å²) in [5.74, 6) is -1.49. The summed E-state index contributed by atoms with van der Waals surface area (Å²) in [5.41, 5.74) is 0.364. The first-order valence-electron chi connectivity index (χ1n) is 7.49. The number of aromatic hydroxyl groups is 1. The molecule has 2 aromatic rings. The van der Waals surface area contributed by atoms with Gasteiger partial charge in [0.1, 0.15) is 5.75 Å². The van der Waals surface area contributed by atoms with Gasteiger partial charge in [-0.2, -0.15) is 0 Å². The molecule has 0 aromatic heterocycles. The van der Waals surface area contributed by atoms with E-state index in [1.165, 1.54) is 62.6 Å². The highest BCUT2D eigenvalue weighted by molar-refractivity contribution is 7.89. The number of benzene rings is 2. The lowest BCUT2D eigenvalue weighted by Gasteiger charge is -2.12. The minimum absolute atomic E-state index is 0.0251. The molecular weight excluding hydrogens is 360 g/mol. The van der Waals surface area contributed by atoms with Crippen molar-refractivity contribution in [2.75, 3.05) is 26.0 Å². The third kappa shape index (κ3) is 4.80. The number of phenols is 1. The van der Waals surface area contributed by atoms with Gasteiger partial charge < -0.3 is 15.2 Å². The summed E-state index contributed by atoms with van der Waals surface area (Å²) < 4.78 is 30.1. The zero-order chi connectivity index (χ0) is 19.3. The Morgan fingerprint density at radius 1 is 1.12 bits per heavy atom. The third-order valence-electron chi connectivity index (χ3n) is 3.31. The van der Waals surface area contributed by atoms with Crippen LogP contribution in [-0.4, -0.2) is 50.4 Å². The fraction of sp³-hybridized carbons (Fsp3) is 0.176. The molecule has 0 aliphatic carbocycles. The second-order valence-corrected chi connectivity index (χ2v) is 7.64. The molecule has 9 heteroatoms. The normalized spacial score (nSPS) is 11.2. The lowest BCUT2D eigenvalue weighted by Crippen LogP contribution is -2.23. The molecule has 0 aliphatic rings. The molecule has 2 aromatic carbocycles. The van der Waals surface area contributed by atoms with Gasteiger partial charge in [-0.25, -0.2) is 17.5 Å². The van der Waals surface area contributed by atoms with Gasteiger partial charge in [0.25, 0.3) is 5.91 Å². The molecule has 2 rings (SSSR count). The summed E-state index contributed by atoms with van der Waals surface area (Å²) in [6, 6.07) is 11.3. The molecule has 26 heavy (non-hydrogen) atoms. The van der Waals surface area contributed by atoms with Gasteiger partial charge in [-0.1, -0.05) is 12.1 Å². The number of esters is 1. The number of hydrogen-bond donors (Lipinski definition) is 2. The SMILES string of the molecule is CN(C)S(=O)(=O)c1cccc(NC(=O)COC(=O)c2cccc(O)c2)c1. The van der Waals surface area contributed by atoms with Gasteiger partial charge in [0, 0.05) is 19.8 Å². The van der Waals surface area contributed by atoms with Crippen molar-refractivity contribution in [3.63, 3.8) is 0 Å². The molecule has 0 spiro atoms. The predicted octanol–water partition coefficient (Wildman–Crippen LogP) is 1.44. The lowest BCUT2D eigenvalue weighted by atomic mass is 10.2. The van der Waals surface area contributed by atoms with Crippen LogP contribution in [0.3, 0.4) is 0 Å². The average Bonchev–Trinajstić information content (AvgIpc) is 2.59. The molecule has 0 unspecified atom stereocenters. The maximum absolute atomic E-state index is 12.1. The molecule has 0 heterocycles. The molecule has 0 atom stereocenters. The number of nitrogens with zero attached hydrogens (tertiary/aromatic N) is 1. The molecule has 1 amide bonds. The Balaban J connectivity index is 1.99. The predicted molar refractivity (Wildman–Crippen MR) is 94.3 cm³/mol. The monoisotopic (exact) mass is 378 g/mol. The van der Waals surface area contributed by atoms with E-state index < -0.39 is 28.5 Å². The average molecular weight is 378 g/mol. The van der Waals surface area contributed by atoms with Crippen molar-refractivity contribution in [1.82, 2.24) is 4.31 Å². The first-order chi connectivity index (χ1) is 12.2.